The minimum absolute atomic E-state index is 0.0938. The zero-order chi connectivity index (χ0) is 21.4. The largest absolute Gasteiger partial charge is 0.493 e. The number of rotatable bonds is 4. The van der Waals surface area contributed by atoms with Crippen LogP contribution in [0.1, 0.15) is 36.0 Å². The first-order valence-electron chi connectivity index (χ1n) is 8.64. The molecule has 0 radical (unpaired) electrons. The van der Waals surface area contributed by atoms with Gasteiger partial charge in [0.15, 0.2) is 23.1 Å². The molecule has 0 aliphatic heterocycles. The standard InChI is InChI=1S/C22H12Br2O5S/c1-28-17-9-11(8-14-19(25)12-4-2-3-5-13(12)20(14)26)6-7-16(17)29-22(27)18-10-15(23)21(24)30-18/h2-10H,1H3. The number of thiophene rings is 1. The summed E-state index contributed by atoms with van der Waals surface area (Å²) < 4.78 is 12.4. The van der Waals surface area contributed by atoms with E-state index in [4.69, 9.17) is 9.47 Å². The van der Waals surface area contributed by atoms with Gasteiger partial charge in [-0.2, -0.15) is 0 Å². The van der Waals surface area contributed by atoms with Crippen molar-refractivity contribution in [2.24, 2.45) is 0 Å². The summed E-state index contributed by atoms with van der Waals surface area (Å²) in [6.07, 6.45) is 1.52. The third-order valence-corrected chi connectivity index (χ3v) is 7.69. The highest BCUT2D eigenvalue weighted by Crippen LogP contribution is 2.35. The highest BCUT2D eigenvalue weighted by molar-refractivity contribution is 9.13. The van der Waals surface area contributed by atoms with Crippen molar-refractivity contribution < 1.29 is 23.9 Å². The molecule has 0 bridgehead atoms. The second-order valence-corrected chi connectivity index (χ2v) is 9.52. The van der Waals surface area contributed by atoms with E-state index in [1.807, 2.05) is 0 Å². The molecule has 0 saturated heterocycles. The molecule has 0 atom stereocenters. The molecule has 0 saturated carbocycles. The maximum absolute atomic E-state index is 12.6. The Balaban J connectivity index is 1.62. The van der Waals surface area contributed by atoms with E-state index in [2.05, 4.69) is 31.9 Å². The molecule has 5 nitrogen and oxygen atoms in total. The number of benzene rings is 2. The van der Waals surface area contributed by atoms with Crippen LogP contribution in [0.25, 0.3) is 6.08 Å². The van der Waals surface area contributed by atoms with Gasteiger partial charge in [0, 0.05) is 15.6 Å². The minimum Gasteiger partial charge on any atom is -0.493 e. The molecular weight excluding hydrogens is 536 g/mol. The molecule has 30 heavy (non-hydrogen) atoms. The second-order valence-electron chi connectivity index (χ2n) is 6.29. The first-order valence-corrected chi connectivity index (χ1v) is 11.0. The molecule has 1 aliphatic carbocycles. The van der Waals surface area contributed by atoms with E-state index in [0.717, 1.165) is 8.26 Å². The van der Waals surface area contributed by atoms with Crippen LogP contribution in [0.2, 0.25) is 0 Å². The molecule has 4 rings (SSSR count). The summed E-state index contributed by atoms with van der Waals surface area (Å²) in [4.78, 5) is 38.0. The quantitative estimate of drug-likeness (QED) is 0.174. The molecule has 0 unspecified atom stereocenters. The third kappa shape index (κ3) is 3.78. The molecule has 0 fully saturated rings. The summed E-state index contributed by atoms with van der Waals surface area (Å²) in [5, 5.41) is 0. The van der Waals surface area contributed by atoms with E-state index in [0.29, 0.717) is 27.3 Å². The summed E-state index contributed by atoms with van der Waals surface area (Å²) in [6.45, 7) is 0. The van der Waals surface area contributed by atoms with Gasteiger partial charge < -0.3 is 9.47 Å². The van der Waals surface area contributed by atoms with Gasteiger partial charge in [-0.05, 0) is 61.7 Å². The second kappa shape index (κ2) is 8.29. The number of fused-ring (bicyclic) bond motifs is 1. The van der Waals surface area contributed by atoms with E-state index >= 15 is 0 Å². The number of ketones is 2. The minimum atomic E-state index is -0.521. The number of esters is 1. The molecule has 3 aromatic rings. The van der Waals surface area contributed by atoms with Crippen molar-refractivity contribution in [1.82, 2.24) is 0 Å². The Bertz CT molecular complexity index is 1190. The summed E-state index contributed by atoms with van der Waals surface area (Å²) >= 11 is 7.93. The average Bonchev–Trinajstić information content (AvgIpc) is 3.21. The van der Waals surface area contributed by atoms with Crippen molar-refractivity contribution in [2.45, 2.75) is 0 Å². The van der Waals surface area contributed by atoms with E-state index in [1.54, 1.807) is 48.5 Å². The van der Waals surface area contributed by atoms with Crippen LogP contribution in [0.15, 0.2) is 62.4 Å². The lowest BCUT2D eigenvalue weighted by molar-refractivity contribution is 0.0734. The molecule has 8 heteroatoms. The lowest BCUT2D eigenvalue weighted by Gasteiger charge is -2.09. The predicted molar refractivity (Wildman–Crippen MR) is 121 cm³/mol. The lowest BCUT2D eigenvalue weighted by Crippen LogP contribution is -2.07. The van der Waals surface area contributed by atoms with Crippen molar-refractivity contribution in [3.8, 4) is 11.5 Å². The maximum Gasteiger partial charge on any atom is 0.353 e. The number of carbonyl (C=O) groups is 3. The summed E-state index contributed by atoms with van der Waals surface area (Å²) in [5.74, 6) is -0.592. The normalized spacial score (nSPS) is 12.7. The van der Waals surface area contributed by atoms with Crippen molar-refractivity contribution in [3.05, 3.63) is 83.9 Å². The predicted octanol–water partition coefficient (Wildman–Crippen LogP) is 5.96. The molecule has 1 aromatic heterocycles. The molecular formula is C22H12Br2O5S. The van der Waals surface area contributed by atoms with Gasteiger partial charge >= 0.3 is 5.97 Å². The number of methoxy groups -OCH3 is 1. The van der Waals surface area contributed by atoms with Gasteiger partial charge in [-0.15, -0.1) is 11.3 Å². The maximum atomic E-state index is 12.6. The monoisotopic (exact) mass is 546 g/mol. The average molecular weight is 548 g/mol. The Morgan fingerprint density at radius 3 is 2.20 bits per heavy atom. The Kier molecular flexibility index (Phi) is 5.73. The van der Waals surface area contributed by atoms with E-state index in [-0.39, 0.29) is 22.9 Å². The van der Waals surface area contributed by atoms with Crippen LogP contribution in [-0.4, -0.2) is 24.6 Å². The van der Waals surface area contributed by atoms with Crippen LogP contribution in [0.4, 0.5) is 0 Å². The van der Waals surface area contributed by atoms with Gasteiger partial charge in [0.2, 0.25) is 0 Å². The molecule has 2 aromatic carbocycles. The van der Waals surface area contributed by atoms with Crippen molar-refractivity contribution in [2.75, 3.05) is 7.11 Å². The third-order valence-electron chi connectivity index (χ3n) is 4.45. The van der Waals surface area contributed by atoms with Crippen LogP contribution >= 0.6 is 43.2 Å². The number of carbonyl (C=O) groups excluding carboxylic acids is 3. The first-order chi connectivity index (χ1) is 14.4. The highest BCUT2D eigenvalue weighted by atomic mass is 79.9. The van der Waals surface area contributed by atoms with Crippen molar-refractivity contribution in [3.63, 3.8) is 0 Å². The van der Waals surface area contributed by atoms with Crippen LogP contribution in [0.3, 0.4) is 0 Å². The van der Waals surface area contributed by atoms with Gasteiger partial charge in [-0.3, -0.25) is 9.59 Å². The lowest BCUT2D eigenvalue weighted by atomic mass is 10.1. The highest BCUT2D eigenvalue weighted by Gasteiger charge is 2.32. The van der Waals surface area contributed by atoms with Crippen LogP contribution in [0.5, 0.6) is 11.5 Å². The number of allylic oxidation sites excluding steroid dienone is 1. The smallest absolute Gasteiger partial charge is 0.353 e. The SMILES string of the molecule is COc1cc(C=C2C(=O)c3ccccc3C2=O)ccc1OC(=O)c1cc(Br)c(Br)s1. The fourth-order valence-corrected chi connectivity index (χ4v) is 4.94. The first kappa shape index (κ1) is 20.7. The summed E-state index contributed by atoms with van der Waals surface area (Å²) in [5.41, 5.74) is 1.48. The van der Waals surface area contributed by atoms with E-state index < -0.39 is 5.97 Å². The fourth-order valence-electron chi connectivity index (χ4n) is 3.03. The number of Topliss-reactive ketones (excluding diaryl/α,β-unsaturated/α-hetero) is 2. The van der Waals surface area contributed by atoms with Crippen LogP contribution in [0, 0.1) is 0 Å². The van der Waals surface area contributed by atoms with E-state index in [9.17, 15) is 14.4 Å². The Morgan fingerprint density at radius 1 is 0.967 bits per heavy atom. The Labute approximate surface area is 192 Å². The Hall–Kier alpha value is -2.55. The van der Waals surface area contributed by atoms with Gasteiger partial charge in [0.05, 0.1) is 16.5 Å². The molecule has 1 heterocycles. The topological polar surface area (TPSA) is 69.7 Å². The number of hydrogen-bond acceptors (Lipinski definition) is 6. The van der Waals surface area contributed by atoms with Gasteiger partial charge in [-0.1, -0.05) is 30.3 Å². The van der Waals surface area contributed by atoms with Gasteiger partial charge in [-0.25, -0.2) is 4.79 Å². The summed E-state index contributed by atoms with van der Waals surface area (Å²) in [7, 11) is 1.45. The zero-order valence-corrected chi connectivity index (χ0v) is 19.4. The molecule has 0 N–H and O–H groups in total. The fraction of sp³-hybridized carbons (Fsp3) is 0.0455. The summed E-state index contributed by atoms with van der Waals surface area (Å²) in [6, 6.07) is 13.2. The zero-order valence-electron chi connectivity index (χ0n) is 15.4. The molecule has 0 amide bonds. The number of ether oxygens (including phenoxy) is 2. The number of halogens is 2. The molecule has 1 aliphatic rings. The van der Waals surface area contributed by atoms with Crippen molar-refractivity contribution >= 4 is 66.8 Å². The Morgan fingerprint density at radius 2 is 1.63 bits per heavy atom. The molecule has 0 spiro atoms. The van der Waals surface area contributed by atoms with Crippen molar-refractivity contribution in [1.29, 1.82) is 0 Å². The van der Waals surface area contributed by atoms with Gasteiger partial charge in [0.1, 0.15) is 4.88 Å². The van der Waals surface area contributed by atoms with Gasteiger partial charge in [0.25, 0.3) is 0 Å². The number of hydrogen-bond donors (Lipinski definition) is 0. The molecule has 150 valence electrons. The van der Waals surface area contributed by atoms with Crippen LogP contribution < -0.4 is 9.47 Å². The van der Waals surface area contributed by atoms with Crippen LogP contribution in [-0.2, 0) is 0 Å². The van der Waals surface area contributed by atoms with E-state index in [1.165, 1.54) is 24.5 Å².